The van der Waals surface area contributed by atoms with Crippen molar-refractivity contribution in [1.82, 2.24) is 4.90 Å². The van der Waals surface area contributed by atoms with Crippen molar-refractivity contribution >= 4 is 23.0 Å². The molecule has 1 rings (SSSR count). The molecule has 0 spiro atoms. The smallest absolute Gasteiger partial charge is 0.339 e. The Balaban J connectivity index is 3.11. The quantitative estimate of drug-likeness (QED) is 0.622. The molecule has 98 valence electrons. The molecule has 0 unspecified atom stereocenters. The number of nitrogens with zero attached hydrogens (tertiary/aromatic N) is 1. The third kappa shape index (κ3) is 3.40. The Morgan fingerprint density at radius 3 is 2.39 bits per heavy atom. The fraction of sp³-hybridized carbons (Fsp3) is 0.333. The van der Waals surface area contributed by atoms with E-state index in [0.29, 0.717) is 16.2 Å². The van der Waals surface area contributed by atoms with Gasteiger partial charge in [0.1, 0.15) is 5.75 Å². The molecule has 0 aliphatic rings. The lowest BCUT2D eigenvalue weighted by Crippen LogP contribution is -2.16. The minimum Gasteiger partial charge on any atom is -0.497 e. The molecule has 0 aliphatic heterocycles. The number of carbonyl (C=O) groups excluding carboxylic acids is 2. The number of hydrogen-bond donors (Lipinski definition) is 0. The molecule has 18 heavy (non-hydrogen) atoms. The normalized spacial score (nSPS) is 9.78. The second-order valence-electron chi connectivity index (χ2n) is 3.62. The summed E-state index contributed by atoms with van der Waals surface area (Å²) in [6, 6.07) is 4.87. The van der Waals surface area contributed by atoms with E-state index in [4.69, 9.17) is 4.74 Å². The summed E-state index contributed by atoms with van der Waals surface area (Å²) in [7, 11) is 6.12. The second kappa shape index (κ2) is 6.30. The molecule has 0 aromatic heterocycles. The molecule has 0 aliphatic carbocycles. The van der Waals surface area contributed by atoms with Gasteiger partial charge >= 0.3 is 5.97 Å². The summed E-state index contributed by atoms with van der Waals surface area (Å²) < 4.78 is 9.75. The Labute approximate surface area is 110 Å². The van der Waals surface area contributed by atoms with Gasteiger partial charge in [0, 0.05) is 19.0 Å². The number of amides is 1. The number of rotatable bonds is 3. The number of carbonyl (C=O) groups is 2. The summed E-state index contributed by atoms with van der Waals surface area (Å²) in [6.07, 6.45) is 0. The molecule has 0 heterocycles. The van der Waals surface area contributed by atoms with Gasteiger partial charge in [-0.3, -0.25) is 4.79 Å². The lowest BCUT2D eigenvalue weighted by Gasteiger charge is -2.12. The summed E-state index contributed by atoms with van der Waals surface area (Å²) in [5.74, 6) is 0.100. The predicted octanol–water partition coefficient (Wildman–Crippen LogP) is 2.26. The van der Waals surface area contributed by atoms with Crippen LogP contribution in [0.2, 0.25) is 0 Å². The molecule has 5 nitrogen and oxygen atoms in total. The number of methoxy groups -OCH3 is 2. The van der Waals surface area contributed by atoms with Gasteiger partial charge in [-0.2, -0.15) is 0 Å². The van der Waals surface area contributed by atoms with E-state index in [9.17, 15) is 9.59 Å². The van der Waals surface area contributed by atoms with E-state index in [1.54, 1.807) is 32.3 Å². The molecule has 0 saturated heterocycles. The van der Waals surface area contributed by atoms with Gasteiger partial charge in [0.05, 0.1) is 19.8 Å². The summed E-state index contributed by atoms with van der Waals surface area (Å²) in [6.45, 7) is 0. The average Bonchev–Trinajstić information content (AvgIpc) is 2.37. The Kier molecular flexibility index (Phi) is 5.03. The number of esters is 1. The van der Waals surface area contributed by atoms with Gasteiger partial charge < -0.3 is 14.4 Å². The maximum atomic E-state index is 11.7. The highest BCUT2D eigenvalue weighted by molar-refractivity contribution is 8.13. The SMILES string of the molecule is COC(=O)c1ccc(OC)cc1SC(=O)N(C)C. The monoisotopic (exact) mass is 269 g/mol. The Bertz CT molecular complexity index is 459. The number of thioether (sulfide) groups is 1. The van der Waals surface area contributed by atoms with E-state index < -0.39 is 5.97 Å². The molecular weight excluding hydrogens is 254 g/mol. The van der Waals surface area contributed by atoms with Crippen LogP contribution in [0.1, 0.15) is 10.4 Å². The van der Waals surface area contributed by atoms with Crippen molar-refractivity contribution in [2.75, 3.05) is 28.3 Å². The van der Waals surface area contributed by atoms with E-state index >= 15 is 0 Å². The maximum absolute atomic E-state index is 11.7. The molecule has 6 heteroatoms. The highest BCUT2D eigenvalue weighted by atomic mass is 32.2. The minimum absolute atomic E-state index is 0.173. The van der Waals surface area contributed by atoms with Gasteiger partial charge in [0.25, 0.3) is 5.24 Å². The number of benzene rings is 1. The molecule has 0 fully saturated rings. The van der Waals surface area contributed by atoms with E-state index in [1.807, 2.05) is 0 Å². The molecule has 1 aromatic rings. The van der Waals surface area contributed by atoms with Crippen molar-refractivity contribution in [3.05, 3.63) is 23.8 Å². The molecule has 0 bridgehead atoms. The van der Waals surface area contributed by atoms with Crippen LogP contribution in [0.5, 0.6) is 5.75 Å². The minimum atomic E-state index is -0.480. The van der Waals surface area contributed by atoms with Crippen LogP contribution in [0.15, 0.2) is 23.1 Å². The van der Waals surface area contributed by atoms with Gasteiger partial charge in [0.15, 0.2) is 0 Å². The van der Waals surface area contributed by atoms with Crippen molar-refractivity contribution in [2.24, 2.45) is 0 Å². The van der Waals surface area contributed by atoms with Crippen molar-refractivity contribution in [3.63, 3.8) is 0 Å². The Hall–Kier alpha value is -1.69. The molecule has 0 saturated carbocycles. The van der Waals surface area contributed by atoms with Gasteiger partial charge in [-0.05, 0) is 30.0 Å². The van der Waals surface area contributed by atoms with E-state index in [2.05, 4.69) is 4.74 Å². The van der Waals surface area contributed by atoms with Crippen molar-refractivity contribution in [1.29, 1.82) is 0 Å². The third-order valence-electron chi connectivity index (χ3n) is 2.16. The van der Waals surface area contributed by atoms with Crippen LogP contribution in [-0.4, -0.2) is 44.4 Å². The lowest BCUT2D eigenvalue weighted by atomic mass is 10.2. The average molecular weight is 269 g/mol. The van der Waals surface area contributed by atoms with Crippen LogP contribution in [-0.2, 0) is 4.74 Å². The number of ether oxygens (including phenoxy) is 2. The summed E-state index contributed by atoms with van der Waals surface area (Å²) in [5.41, 5.74) is 0.346. The highest BCUT2D eigenvalue weighted by Gasteiger charge is 2.17. The maximum Gasteiger partial charge on any atom is 0.339 e. The van der Waals surface area contributed by atoms with E-state index in [0.717, 1.165) is 11.8 Å². The highest BCUT2D eigenvalue weighted by Crippen LogP contribution is 2.29. The number of hydrogen-bond acceptors (Lipinski definition) is 5. The summed E-state index contributed by atoms with van der Waals surface area (Å²) >= 11 is 0.958. The standard InChI is InChI=1S/C12H15NO4S/c1-13(2)12(15)18-10-7-8(16-3)5-6-9(10)11(14)17-4/h5-7H,1-4H3. The van der Waals surface area contributed by atoms with Crippen LogP contribution in [0.25, 0.3) is 0 Å². The summed E-state index contributed by atoms with van der Waals surface area (Å²) in [5, 5.41) is -0.173. The van der Waals surface area contributed by atoms with Gasteiger partial charge in [0.2, 0.25) is 0 Å². The van der Waals surface area contributed by atoms with Gasteiger partial charge in [-0.1, -0.05) is 0 Å². The summed E-state index contributed by atoms with van der Waals surface area (Å²) in [4.78, 5) is 25.2. The first-order valence-corrected chi connectivity index (χ1v) is 5.96. The zero-order valence-electron chi connectivity index (χ0n) is 10.7. The molecule has 1 amide bonds. The van der Waals surface area contributed by atoms with Crippen molar-refractivity contribution in [2.45, 2.75) is 4.90 Å². The lowest BCUT2D eigenvalue weighted by molar-refractivity contribution is 0.0597. The van der Waals surface area contributed by atoms with Crippen LogP contribution in [0.3, 0.4) is 0 Å². The Morgan fingerprint density at radius 1 is 1.22 bits per heavy atom. The first kappa shape index (κ1) is 14.4. The van der Waals surface area contributed by atoms with E-state index in [-0.39, 0.29) is 5.24 Å². The van der Waals surface area contributed by atoms with Crippen LogP contribution in [0, 0.1) is 0 Å². The largest absolute Gasteiger partial charge is 0.497 e. The van der Waals surface area contributed by atoms with Crippen LogP contribution >= 0.6 is 11.8 Å². The Morgan fingerprint density at radius 2 is 1.89 bits per heavy atom. The van der Waals surface area contributed by atoms with E-state index in [1.165, 1.54) is 19.1 Å². The molecule has 0 atom stereocenters. The third-order valence-corrected chi connectivity index (χ3v) is 3.25. The molecule has 0 N–H and O–H groups in total. The topological polar surface area (TPSA) is 55.8 Å². The first-order chi connectivity index (χ1) is 8.49. The molecule has 0 radical (unpaired) electrons. The second-order valence-corrected chi connectivity index (χ2v) is 4.61. The fourth-order valence-electron chi connectivity index (χ4n) is 1.18. The predicted molar refractivity (Wildman–Crippen MR) is 69.3 cm³/mol. The van der Waals surface area contributed by atoms with Crippen LogP contribution in [0.4, 0.5) is 4.79 Å². The van der Waals surface area contributed by atoms with Crippen LogP contribution < -0.4 is 4.74 Å². The first-order valence-electron chi connectivity index (χ1n) is 5.15. The van der Waals surface area contributed by atoms with Gasteiger partial charge in [-0.15, -0.1) is 0 Å². The zero-order chi connectivity index (χ0) is 13.7. The van der Waals surface area contributed by atoms with Crippen molar-refractivity contribution in [3.8, 4) is 5.75 Å². The zero-order valence-corrected chi connectivity index (χ0v) is 11.5. The van der Waals surface area contributed by atoms with Crippen molar-refractivity contribution < 1.29 is 19.1 Å². The fourth-order valence-corrected chi connectivity index (χ4v) is 1.99. The molecule has 1 aromatic carbocycles. The van der Waals surface area contributed by atoms with Gasteiger partial charge in [-0.25, -0.2) is 4.79 Å². The molecular formula is C12H15NO4S.